The average molecular weight is 412 g/mol. The van der Waals surface area contributed by atoms with Crippen molar-refractivity contribution < 1.29 is 12.8 Å². The molecule has 2 heterocycles. The lowest BCUT2D eigenvalue weighted by Crippen LogP contribution is -2.14. The summed E-state index contributed by atoms with van der Waals surface area (Å²) in [5.41, 5.74) is 2.55. The Balaban J connectivity index is 1.86. The molecule has 4 rings (SSSR count). The van der Waals surface area contributed by atoms with Crippen LogP contribution >= 0.6 is 0 Å². The highest BCUT2D eigenvalue weighted by Crippen LogP contribution is 2.29. The Hall–Kier alpha value is -3.00. The van der Waals surface area contributed by atoms with Crippen LogP contribution in [-0.4, -0.2) is 23.2 Å². The summed E-state index contributed by atoms with van der Waals surface area (Å²) in [6.45, 7) is 4.71. The number of rotatable bonds is 6. The topological polar surface area (TPSA) is 76.9 Å². The van der Waals surface area contributed by atoms with Crippen LogP contribution in [0.4, 0.5) is 10.2 Å². The smallest absolute Gasteiger partial charge is 0.261 e. The zero-order valence-corrected chi connectivity index (χ0v) is 17.0. The summed E-state index contributed by atoms with van der Waals surface area (Å²) in [4.78, 5) is 4.75. The SMILES string of the molecule is CCCCn1nc(NS(=O)(=O)c2ccc(F)cc2)c2cc3cccc(C)c3nc21. The maximum atomic E-state index is 13.2. The Kier molecular flexibility index (Phi) is 4.96. The molecule has 0 saturated heterocycles. The third-order valence-corrected chi connectivity index (χ3v) is 6.18. The maximum Gasteiger partial charge on any atom is 0.263 e. The second-order valence-electron chi connectivity index (χ2n) is 6.99. The van der Waals surface area contributed by atoms with Crippen LogP contribution in [0.2, 0.25) is 0 Å². The fraction of sp³-hybridized carbons (Fsp3) is 0.238. The fourth-order valence-electron chi connectivity index (χ4n) is 3.27. The molecule has 0 unspecified atom stereocenters. The summed E-state index contributed by atoms with van der Waals surface area (Å²) in [7, 11) is -3.91. The molecule has 2 aromatic carbocycles. The van der Waals surface area contributed by atoms with E-state index in [1.165, 1.54) is 12.1 Å². The van der Waals surface area contributed by atoms with E-state index in [1.807, 2.05) is 31.2 Å². The molecule has 0 spiro atoms. The van der Waals surface area contributed by atoms with E-state index in [0.717, 1.165) is 41.4 Å². The van der Waals surface area contributed by atoms with E-state index in [2.05, 4.69) is 16.7 Å². The van der Waals surface area contributed by atoms with Crippen molar-refractivity contribution in [2.24, 2.45) is 0 Å². The minimum Gasteiger partial charge on any atom is -0.261 e. The lowest BCUT2D eigenvalue weighted by molar-refractivity contribution is 0.584. The zero-order chi connectivity index (χ0) is 20.6. The van der Waals surface area contributed by atoms with Gasteiger partial charge in [-0.2, -0.15) is 5.10 Å². The van der Waals surface area contributed by atoms with Gasteiger partial charge in [-0.1, -0.05) is 31.5 Å². The standard InChI is InChI=1S/C21H21FN4O2S/c1-3-4-12-26-21-18(13-15-7-5-6-14(2)19(15)23-21)20(24-26)25-29(27,28)17-10-8-16(22)9-11-17/h5-11,13H,3-4,12H2,1-2H3,(H,24,25). The molecule has 0 aliphatic carbocycles. The number of hydrogen-bond donors (Lipinski definition) is 1. The first-order valence-corrected chi connectivity index (χ1v) is 10.9. The van der Waals surface area contributed by atoms with E-state index in [1.54, 1.807) is 4.68 Å². The summed E-state index contributed by atoms with van der Waals surface area (Å²) in [5, 5.41) is 6.04. The van der Waals surface area contributed by atoms with E-state index >= 15 is 0 Å². The minimum atomic E-state index is -3.91. The summed E-state index contributed by atoms with van der Waals surface area (Å²) < 4.78 is 43.1. The van der Waals surface area contributed by atoms with Crippen LogP contribution in [0, 0.1) is 12.7 Å². The first-order valence-electron chi connectivity index (χ1n) is 9.44. The van der Waals surface area contributed by atoms with E-state index in [0.29, 0.717) is 17.6 Å². The Labute approximate surface area is 168 Å². The predicted octanol–water partition coefficient (Wildman–Crippen LogP) is 4.63. The molecule has 1 N–H and O–H groups in total. The molecule has 4 aromatic rings. The molecule has 8 heteroatoms. The number of sulfonamides is 1. The monoisotopic (exact) mass is 412 g/mol. The number of pyridine rings is 1. The highest BCUT2D eigenvalue weighted by Gasteiger charge is 2.20. The maximum absolute atomic E-state index is 13.2. The van der Waals surface area contributed by atoms with Crippen molar-refractivity contribution >= 4 is 37.8 Å². The van der Waals surface area contributed by atoms with Crippen molar-refractivity contribution in [2.45, 2.75) is 38.1 Å². The van der Waals surface area contributed by atoms with Crippen molar-refractivity contribution in [2.75, 3.05) is 4.72 Å². The Bertz CT molecular complexity index is 1300. The molecule has 0 saturated carbocycles. The largest absolute Gasteiger partial charge is 0.263 e. The van der Waals surface area contributed by atoms with Crippen LogP contribution in [0.5, 0.6) is 0 Å². The molecular formula is C21H21FN4O2S. The number of halogens is 1. The second kappa shape index (κ2) is 7.44. The van der Waals surface area contributed by atoms with Crippen molar-refractivity contribution in [3.05, 3.63) is 59.9 Å². The molecule has 6 nitrogen and oxygen atoms in total. The number of benzene rings is 2. The first-order chi connectivity index (χ1) is 13.9. The van der Waals surface area contributed by atoms with Crippen LogP contribution in [0.3, 0.4) is 0 Å². The molecule has 0 amide bonds. The average Bonchev–Trinajstić information content (AvgIpc) is 3.02. The molecule has 0 bridgehead atoms. The Morgan fingerprint density at radius 3 is 2.62 bits per heavy atom. The van der Waals surface area contributed by atoms with Gasteiger partial charge in [-0.05, 0) is 49.2 Å². The number of anilines is 1. The molecule has 0 aliphatic heterocycles. The number of aromatic nitrogens is 3. The highest BCUT2D eigenvalue weighted by molar-refractivity contribution is 7.92. The van der Waals surface area contributed by atoms with Gasteiger partial charge in [0.05, 0.1) is 15.8 Å². The van der Waals surface area contributed by atoms with E-state index in [4.69, 9.17) is 4.98 Å². The van der Waals surface area contributed by atoms with Crippen LogP contribution in [-0.2, 0) is 16.6 Å². The van der Waals surface area contributed by atoms with E-state index < -0.39 is 15.8 Å². The van der Waals surface area contributed by atoms with Crippen molar-refractivity contribution in [3.8, 4) is 0 Å². The Morgan fingerprint density at radius 1 is 1.14 bits per heavy atom. The zero-order valence-electron chi connectivity index (χ0n) is 16.2. The van der Waals surface area contributed by atoms with Gasteiger partial charge in [-0.25, -0.2) is 22.5 Å². The van der Waals surface area contributed by atoms with Crippen LogP contribution in [0.25, 0.3) is 21.9 Å². The number of para-hydroxylation sites is 1. The van der Waals surface area contributed by atoms with E-state index in [9.17, 15) is 12.8 Å². The summed E-state index contributed by atoms with van der Waals surface area (Å²) in [6.07, 6.45) is 1.87. The lowest BCUT2D eigenvalue weighted by atomic mass is 10.1. The molecule has 29 heavy (non-hydrogen) atoms. The number of unbranched alkanes of at least 4 members (excludes halogenated alkanes) is 1. The summed E-state index contributed by atoms with van der Waals surface area (Å²) in [5.74, 6) is -0.277. The minimum absolute atomic E-state index is 0.0280. The number of hydrogen-bond acceptors (Lipinski definition) is 4. The first kappa shape index (κ1) is 19.3. The Morgan fingerprint density at radius 2 is 1.90 bits per heavy atom. The van der Waals surface area contributed by atoms with Gasteiger partial charge in [0.2, 0.25) is 0 Å². The molecule has 2 aromatic heterocycles. The third-order valence-electron chi connectivity index (χ3n) is 4.83. The van der Waals surface area contributed by atoms with Gasteiger partial charge in [0, 0.05) is 11.9 Å². The van der Waals surface area contributed by atoms with Gasteiger partial charge in [0.15, 0.2) is 11.5 Å². The molecule has 0 fully saturated rings. The molecule has 0 atom stereocenters. The highest BCUT2D eigenvalue weighted by atomic mass is 32.2. The number of nitrogens with zero attached hydrogens (tertiary/aromatic N) is 3. The molecule has 150 valence electrons. The molecule has 0 aliphatic rings. The van der Waals surface area contributed by atoms with Gasteiger partial charge >= 0.3 is 0 Å². The van der Waals surface area contributed by atoms with Crippen LogP contribution in [0.15, 0.2) is 53.4 Å². The molecular weight excluding hydrogens is 391 g/mol. The van der Waals surface area contributed by atoms with Gasteiger partial charge in [0.25, 0.3) is 10.0 Å². The van der Waals surface area contributed by atoms with Crippen molar-refractivity contribution in [1.82, 2.24) is 14.8 Å². The van der Waals surface area contributed by atoms with Crippen molar-refractivity contribution in [1.29, 1.82) is 0 Å². The van der Waals surface area contributed by atoms with Crippen LogP contribution < -0.4 is 4.72 Å². The predicted molar refractivity (Wildman–Crippen MR) is 112 cm³/mol. The molecule has 0 radical (unpaired) electrons. The van der Waals surface area contributed by atoms with Gasteiger partial charge in [0.1, 0.15) is 5.82 Å². The van der Waals surface area contributed by atoms with E-state index in [-0.39, 0.29) is 10.7 Å². The van der Waals surface area contributed by atoms with Gasteiger partial charge in [-0.15, -0.1) is 0 Å². The number of fused-ring (bicyclic) bond motifs is 2. The normalized spacial score (nSPS) is 12.0. The second-order valence-corrected chi connectivity index (χ2v) is 8.67. The van der Waals surface area contributed by atoms with Crippen LogP contribution in [0.1, 0.15) is 25.3 Å². The van der Waals surface area contributed by atoms with Crippen molar-refractivity contribution in [3.63, 3.8) is 0 Å². The third kappa shape index (κ3) is 3.67. The number of nitrogens with one attached hydrogen (secondary N) is 1. The lowest BCUT2D eigenvalue weighted by Gasteiger charge is -2.06. The summed E-state index contributed by atoms with van der Waals surface area (Å²) >= 11 is 0. The fourth-order valence-corrected chi connectivity index (χ4v) is 4.29. The summed E-state index contributed by atoms with van der Waals surface area (Å²) in [6, 6.07) is 12.5. The quantitative estimate of drug-likeness (QED) is 0.501. The number of aryl methyl sites for hydroxylation is 2. The van der Waals surface area contributed by atoms with Gasteiger partial charge in [-0.3, -0.25) is 4.72 Å². The van der Waals surface area contributed by atoms with Gasteiger partial charge < -0.3 is 0 Å².